The molecule has 0 fully saturated rings. The molecule has 0 aromatic carbocycles. The number of H-pyrrole nitrogens is 1. The van der Waals surface area contributed by atoms with Crippen molar-refractivity contribution in [1.82, 2.24) is 19.7 Å². The Kier molecular flexibility index (Phi) is 3.42. The Balaban J connectivity index is 1.68. The van der Waals surface area contributed by atoms with E-state index >= 15 is 0 Å². The molecule has 118 valence electrons. The summed E-state index contributed by atoms with van der Waals surface area (Å²) in [4.78, 5) is 16.4. The van der Waals surface area contributed by atoms with Crippen molar-refractivity contribution < 1.29 is 18.0 Å². The zero-order valence-electron chi connectivity index (χ0n) is 11.7. The standard InChI is InChI=1S/C13H14F3N5O/c1-7-17-5-9-3-2-8(6-21(7)9)12(22)18-11-4-10(19-20-11)13(14,15)16/h4-5,8H,2-3,6H2,1H3,(H2,18,19,20,22). The number of hydrogen-bond acceptors (Lipinski definition) is 3. The Bertz CT molecular complexity index is 703. The van der Waals surface area contributed by atoms with Gasteiger partial charge in [-0.25, -0.2) is 4.98 Å². The molecule has 0 radical (unpaired) electrons. The highest BCUT2D eigenvalue weighted by atomic mass is 19.4. The summed E-state index contributed by atoms with van der Waals surface area (Å²) in [5.74, 6) is 0.0579. The van der Waals surface area contributed by atoms with Crippen LogP contribution in [0.2, 0.25) is 0 Å². The van der Waals surface area contributed by atoms with Crippen LogP contribution in [0.15, 0.2) is 12.3 Å². The van der Waals surface area contributed by atoms with Crippen molar-refractivity contribution in [2.24, 2.45) is 5.92 Å². The Morgan fingerprint density at radius 2 is 2.27 bits per heavy atom. The van der Waals surface area contributed by atoms with Gasteiger partial charge in [-0.15, -0.1) is 0 Å². The molecule has 3 heterocycles. The average Bonchev–Trinajstić information content (AvgIpc) is 3.06. The van der Waals surface area contributed by atoms with Gasteiger partial charge in [0.05, 0.1) is 5.92 Å². The Morgan fingerprint density at radius 3 is 2.95 bits per heavy atom. The summed E-state index contributed by atoms with van der Waals surface area (Å²) >= 11 is 0. The van der Waals surface area contributed by atoms with Crippen molar-refractivity contribution >= 4 is 11.7 Å². The predicted octanol–water partition coefficient (Wildman–Crippen LogP) is 2.13. The SMILES string of the molecule is Cc1ncc2n1CC(C(=O)Nc1cc(C(F)(F)F)[nH]n1)CC2. The first-order valence-corrected chi connectivity index (χ1v) is 6.79. The zero-order valence-corrected chi connectivity index (χ0v) is 11.7. The third kappa shape index (κ3) is 2.70. The van der Waals surface area contributed by atoms with E-state index in [9.17, 15) is 18.0 Å². The summed E-state index contributed by atoms with van der Waals surface area (Å²) in [5, 5.41) is 7.77. The normalized spacial score (nSPS) is 18.1. The van der Waals surface area contributed by atoms with Crippen LogP contribution in [0.5, 0.6) is 0 Å². The van der Waals surface area contributed by atoms with Gasteiger partial charge in [-0.3, -0.25) is 9.89 Å². The molecule has 3 rings (SSSR count). The number of nitrogens with one attached hydrogen (secondary N) is 2. The lowest BCUT2D eigenvalue weighted by molar-refractivity contribution is -0.141. The molecule has 1 unspecified atom stereocenters. The molecule has 0 saturated heterocycles. The third-order valence-corrected chi connectivity index (χ3v) is 3.79. The first-order valence-electron chi connectivity index (χ1n) is 6.79. The smallest absolute Gasteiger partial charge is 0.331 e. The van der Waals surface area contributed by atoms with Gasteiger partial charge in [-0.2, -0.15) is 18.3 Å². The number of rotatable bonds is 2. The molecule has 1 aliphatic heterocycles. The summed E-state index contributed by atoms with van der Waals surface area (Å²) in [6.07, 6.45) is -1.38. The van der Waals surface area contributed by atoms with E-state index < -0.39 is 11.9 Å². The minimum Gasteiger partial charge on any atom is -0.331 e. The maximum absolute atomic E-state index is 12.5. The molecule has 0 saturated carbocycles. The van der Waals surface area contributed by atoms with E-state index in [1.54, 1.807) is 6.20 Å². The summed E-state index contributed by atoms with van der Waals surface area (Å²) < 4.78 is 39.4. The number of nitrogens with zero attached hydrogens (tertiary/aromatic N) is 3. The van der Waals surface area contributed by atoms with Gasteiger partial charge < -0.3 is 9.88 Å². The Morgan fingerprint density at radius 1 is 1.50 bits per heavy atom. The number of aromatic nitrogens is 4. The number of carbonyl (C=O) groups is 1. The number of amides is 1. The molecule has 2 aromatic rings. The van der Waals surface area contributed by atoms with E-state index in [0.29, 0.717) is 19.4 Å². The maximum atomic E-state index is 12.5. The Labute approximate surface area is 123 Å². The fourth-order valence-corrected chi connectivity index (χ4v) is 2.57. The number of anilines is 1. The lowest BCUT2D eigenvalue weighted by atomic mass is 9.97. The molecule has 6 nitrogen and oxygen atoms in total. The van der Waals surface area contributed by atoms with Crippen molar-refractivity contribution in [1.29, 1.82) is 0 Å². The van der Waals surface area contributed by atoms with Crippen LogP contribution in [-0.2, 0) is 23.9 Å². The number of fused-ring (bicyclic) bond motifs is 1. The fourth-order valence-electron chi connectivity index (χ4n) is 2.57. The second kappa shape index (κ2) is 5.15. The van der Waals surface area contributed by atoms with Crippen LogP contribution in [-0.4, -0.2) is 25.7 Å². The molecule has 1 atom stereocenters. The van der Waals surface area contributed by atoms with Crippen molar-refractivity contribution in [2.75, 3.05) is 5.32 Å². The molecule has 0 spiro atoms. The largest absolute Gasteiger partial charge is 0.432 e. The quantitative estimate of drug-likeness (QED) is 0.892. The molecule has 0 aliphatic carbocycles. The van der Waals surface area contributed by atoms with Crippen LogP contribution in [0, 0.1) is 12.8 Å². The highest BCUT2D eigenvalue weighted by molar-refractivity contribution is 5.91. The highest BCUT2D eigenvalue weighted by Crippen LogP contribution is 2.29. The van der Waals surface area contributed by atoms with Crippen LogP contribution >= 0.6 is 0 Å². The molecule has 0 bridgehead atoms. The molecule has 1 aliphatic rings. The summed E-state index contributed by atoms with van der Waals surface area (Å²) in [6, 6.07) is 0.786. The van der Waals surface area contributed by atoms with Gasteiger partial charge in [-0.1, -0.05) is 0 Å². The molecule has 2 aromatic heterocycles. The van der Waals surface area contributed by atoms with Crippen LogP contribution in [0.1, 0.15) is 23.6 Å². The number of imidazole rings is 1. The molecular weight excluding hydrogens is 299 g/mol. The Hall–Kier alpha value is -2.32. The number of halogens is 3. The van der Waals surface area contributed by atoms with Crippen molar-refractivity contribution in [2.45, 2.75) is 32.5 Å². The van der Waals surface area contributed by atoms with E-state index in [1.807, 2.05) is 16.6 Å². The molecule has 1 amide bonds. The lowest BCUT2D eigenvalue weighted by Crippen LogP contribution is -2.31. The van der Waals surface area contributed by atoms with Crippen molar-refractivity contribution in [3.05, 3.63) is 29.5 Å². The third-order valence-electron chi connectivity index (χ3n) is 3.79. The lowest BCUT2D eigenvalue weighted by Gasteiger charge is -2.23. The summed E-state index contributed by atoms with van der Waals surface area (Å²) in [6.45, 7) is 2.33. The molecule has 22 heavy (non-hydrogen) atoms. The van der Waals surface area contributed by atoms with E-state index in [1.165, 1.54) is 0 Å². The van der Waals surface area contributed by atoms with Gasteiger partial charge in [0.2, 0.25) is 5.91 Å². The van der Waals surface area contributed by atoms with Crippen molar-refractivity contribution in [3.63, 3.8) is 0 Å². The number of carbonyl (C=O) groups excluding carboxylic acids is 1. The second-order valence-corrected chi connectivity index (χ2v) is 5.30. The average molecular weight is 313 g/mol. The van der Waals surface area contributed by atoms with Gasteiger partial charge >= 0.3 is 6.18 Å². The second-order valence-electron chi connectivity index (χ2n) is 5.30. The molecule has 9 heteroatoms. The van der Waals surface area contributed by atoms with E-state index in [0.717, 1.165) is 17.6 Å². The zero-order chi connectivity index (χ0) is 15.9. The van der Waals surface area contributed by atoms with Gasteiger partial charge in [0.15, 0.2) is 5.82 Å². The van der Waals surface area contributed by atoms with E-state index in [4.69, 9.17) is 0 Å². The van der Waals surface area contributed by atoms with Gasteiger partial charge in [0.25, 0.3) is 0 Å². The molecule has 2 N–H and O–H groups in total. The number of aromatic amines is 1. The maximum Gasteiger partial charge on any atom is 0.432 e. The summed E-state index contributed by atoms with van der Waals surface area (Å²) in [5.41, 5.74) is 0.0832. The first-order chi connectivity index (χ1) is 10.3. The van der Waals surface area contributed by atoms with Crippen LogP contribution < -0.4 is 5.32 Å². The van der Waals surface area contributed by atoms with Gasteiger partial charge in [0.1, 0.15) is 11.5 Å². The highest BCUT2D eigenvalue weighted by Gasteiger charge is 2.33. The van der Waals surface area contributed by atoms with Crippen LogP contribution in [0.3, 0.4) is 0 Å². The van der Waals surface area contributed by atoms with Gasteiger partial charge in [0, 0.05) is 24.5 Å². The first kappa shape index (κ1) is 14.6. The van der Waals surface area contributed by atoms with E-state index in [2.05, 4.69) is 15.4 Å². The minimum absolute atomic E-state index is 0.120. The number of aryl methyl sites for hydroxylation is 2. The monoisotopic (exact) mass is 313 g/mol. The number of alkyl halides is 3. The van der Waals surface area contributed by atoms with Crippen LogP contribution in [0.4, 0.5) is 19.0 Å². The van der Waals surface area contributed by atoms with Crippen LogP contribution in [0.25, 0.3) is 0 Å². The summed E-state index contributed by atoms with van der Waals surface area (Å²) in [7, 11) is 0. The molecular formula is C13H14F3N5O. The number of hydrogen-bond donors (Lipinski definition) is 2. The predicted molar refractivity (Wildman–Crippen MR) is 71.0 cm³/mol. The minimum atomic E-state index is -4.51. The van der Waals surface area contributed by atoms with Crippen molar-refractivity contribution in [3.8, 4) is 0 Å². The topological polar surface area (TPSA) is 75.6 Å². The van der Waals surface area contributed by atoms with Gasteiger partial charge in [-0.05, 0) is 19.8 Å². The van der Waals surface area contributed by atoms with E-state index in [-0.39, 0.29) is 17.6 Å². The fraction of sp³-hybridized carbons (Fsp3) is 0.462.